The Morgan fingerprint density at radius 2 is 2.15 bits per heavy atom. The lowest BCUT2D eigenvalue weighted by molar-refractivity contribution is 0.156. The molecule has 6 nitrogen and oxygen atoms in total. The first-order valence-electron chi connectivity index (χ1n) is 8.41. The first kappa shape index (κ1) is 19.4. The highest BCUT2D eigenvalue weighted by molar-refractivity contribution is 7.91. The van der Waals surface area contributed by atoms with Crippen molar-refractivity contribution in [3.8, 4) is 0 Å². The number of anilines is 2. The van der Waals surface area contributed by atoms with E-state index in [0.717, 1.165) is 18.7 Å². The van der Waals surface area contributed by atoms with Crippen LogP contribution in [-0.4, -0.2) is 47.2 Å². The fraction of sp³-hybridized carbons (Fsp3) is 0.500. The molecule has 1 aromatic heterocycles. The summed E-state index contributed by atoms with van der Waals surface area (Å²) in [5.41, 5.74) is 0.731. The maximum absolute atomic E-state index is 13.0. The van der Waals surface area contributed by atoms with Crippen molar-refractivity contribution < 1.29 is 12.8 Å². The summed E-state index contributed by atoms with van der Waals surface area (Å²) in [7, 11) is -2.94. The van der Waals surface area contributed by atoms with E-state index in [1.807, 2.05) is 0 Å². The van der Waals surface area contributed by atoms with Crippen LogP contribution in [0.4, 0.5) is 15.2 Å². The summed E-state index contributed by atoms with van der Waals surface area (Å²) in [6, 6.07) is 6.04. The number of nitrogens with zero attached hydrogens (tertiary/aromatic N) is 3. The van der Waals surface area contributed by atoms with E-state index < -0.39 is 9.84 Å². The number of aromatic nitrogens is 2. The molecule has 0 spiro atoms. The molecule has 1 aliphatic rings. The van der Waals surface area contributed by atoms with E-state index >= 15 is 0 Å². The molecule has 0 amide bonds. The van der Waals surface area contributed by atoms with Crippen molar-refractivity contribution in [3.63, 3.8) is 0 Å². The molecule has 2 heterocycles. The van der Waals surface area contributed by atoms with Crippen molar-refractivity contribution >= 4 is 44.2 Å². The second-order valence-electron chi connectivity index (χ2n) is 6.32. The molecular formula is C16H21FN4O2S3. The van der Waals surface area contributed by atoms with Crippen LogP contribution in [0, 0.1) is 9.77 Å². The minimum atomic E-state index is -2.94. The number of hydrogen-bond acceptors (Lipinski definition) is 7. The third-order valence-corrected chi connectivity index (χ3v) is 7.23. The van der Waals surface area contributed by atoms with Crippen LogP contribution in [0.15, 0.2) is 24.3 Å². The van der Waals surface area contributed by atoms with E-state index in [4.69, 9.17) is 12.2 Å². The average Bonchev–Trinajstić information content (AvgIpc) is 3.11. The standard InChI is InChI=1S/C16H21FN4O2S3/c1-2-8-20(14-7-9-26(22,23)10-14)11-21-16(24)25-15(19-21)18-13-5-3-12(17)4-6-13/h3-6,14H,2,7-11H2,1H3,(H,18,19)/t14-/m0/s1. The van der Waals surface area contributed by atoms with Crippen molar-refractivity contribution in [2.45, 2.75) is 32.5 Å². The van der Waals surface area contributed by atoms with Gasteiger partial charge in [0.2, 0.25) is 5.13 Å². The Morgan fingerprint density at radius 1 is 1.42 bits per heavy atom. The van der Waals surface area contributed by atoms with Crippen molar-refractivity contribution in [1.29, 1.82) is 0 Å². The van der Waals surface area contributed by atoms with E-state index in [2.05, 4.69) is 22.2 Å². The Morgan fingerprint density at radius 3 is 2.77 bits per heavy atom. The Bertz CT molecular complexity index is 908. The lowest BCUT2D eigenvalue weighted by atomic mass is 10.2. The summed E-state index contributed by atoms with van der Waals surface area (Å²) >= 11 is 6.74. The molecule has 1 saturated heterocycles. The zero-order valence-corrected chi connectivity index (χ0v) is 16.8. The Balaban J connectivity index is 1.72. The summed E-state index contributed by atoms with van der Waals surface area (Å²) < 4.78 is 38.9. The minimum Gasteiger partial charge on any atom is -0.330 e. The van der Waals surface area contributed by atoms with Gasteiger partial charge in [-0.15, -0.1) is 5.10 Å². The lowest BCUT2D eigenvalue weighted by Crippen LogP contribution is -2.38. The Kier molecular flexibility index (Phi) is 6.06. The second kappa shape index (κ2) is 8.12. The molecule has 2 aromatic rings. The first-order valence-corrected chi connectivity index (χ1v) is 11.5. The average molecular weight is 417 g/mol. The summed E-state index contributed by atoms with van der Waals surface area (Å²) in [6.45, 7) is 3.33. The van der Waals surface area contributed by atoms with Gasteiger partial charge in [-0.2, -0.15) is 0 Å². The molecule has 1 aliphatic heterocycles. The molecule has 142 valence electrons. The van der Waals surface area contributed by atoms with Gasteiger partial charge < -0.3 is 5.32 Å². The number of halogens is 1. The molecule has 1 fully saturated rings. The van der Waals surface area contributed by atoms with Crippen LogP contribution in [0.25, 0.3) is 0 Å². The van der Waals surface area contributed by atoms with Crippen LogP contribution in [0.3, 0.4) is 0 Å². The zero-order chi connectivity index (χ0) is 18.7. The molecule has 0 unspecified atom stereocenters. The van der Waals surface area contributed by atoms with E-state index in [0.29, 0.717) is 22.2 Å². The zero-order valence-electron chi connectivity index (χ0n) is 14.4. The normalized spacial score (nSPS) is 19.1. The van der Waals surface area contributed by atoms with Gasteiger partial charge in [0, 0.05) is 11.7 Å². The van der Waals surface area contributed by atoms with E-state index in [9.17, 15) is 12.8 Å². The molecule has 0 bridgehead atoms. The highest BCUT2D eigenvalue weighted by atomic mass is 32.2. The van der Waals surface area contributed by atoms with Crippen molar-refractivity contribution in [3.05, 3.63) is 34.0 Å². The van der Waals surface area contributed by atoms with Gasteiger partial charge >= 0.3 is 0 Å². The third kappa shape index (κ3) is 4.87. The highest BCUT2D eigenvalue weighted by Crippen LogP contribution is 2.23. The van der Waals surface area contributed by atoms with Crippen molar-refractivity contribution in [2.24, 2.45) is 0 Å². The molecule has 3 rings (SSSR count). The number of rotatable bonds is 7. The van der Waals surface area contributed by atoms with Crippen LogP contribution >= 0.6 is 23.6 Å². The molecule has 0 saturated carbocycles. The number of benzene rings is 1. The summed E-state index contributed by atoms with van der Waals surface area (Å²) in [5, 5.41) is 8.23. The predicted octanol–water partition coefficient (Wildman–Crippen LogP) is 3.41. The third-order valence-electron chi connectivity index (χ3n) is 4.25. The highest BCUT2D eigenvalue weighted by Gasteiger charge is 2.32. The number of nitrogens with one attached hydrogen (secondary N) is 1. The van der Waals surface area contributed by atoms with Gasteiger partial charge in [0.25, 0.3) is 0 Å². The molecular weight excluding hydrogens is 395 g/mol. The molecule has 0 aliphatic carbocycles. The maximum atomic E-state index is 13.0. The largest absolute Gasteiger partial charge is 0.330 e. The number of sulfone groups is 1. The van der Waals surface area contributed by atoms with Crippen LogP contribution < -0.4 is 5.32 Å². The van der Waals surface area contributed by atoms with E-state index in [1.54, 1.807) is 16.8 Å². The Labute approximate surface area is 161 Å². The van der Waals surface area contributed by atoms with Gasteiger partial charge in [-0.25, -0.2) is 17.5 Å². The summed E-state index contributed by atoms with van der Waals surface area (Å²) in [4.78, 5) is 2.14. The van der Waals surface area contributed by atoms with Gasteiger partial charge in [-0.3, -0.25) is 4.90 Å². The van der Waals surface area contributed by atoms with E-state index in [1.165, 1.54) is 23.5 Å². The monoisotopic (exact) mass is 416 g/mol. The van der Waals surface area contributed by atoms with Gasteiger partial charge in [-0.05, 0) is 55.9 Å². The van der Waals surface area contributed by atoms with Gasteiger partial charge in [0.15, 0.2) is 13.8 Å². The number of hydrogen-bond donors (Lipinski definition) is 1. The van der Waals surface area contributed by atoms with Crippen LogP contribution in [-0.2, 0) is 16.5 Å². The SMILES string of the molecule is CCCN(Cn1nc(Nc2ccc(F)cc2)sc1=S)[C@H]1CCS(=O)(=O)C1. The topological polar surface area (TPSA) is 67.2 Å². The summed E-state index contributed by atoms with van der Waals surface area (Å²) in [6.07, 6.45) is 1.58. The predicted molar refractivity (Wildman–Crippen MR) is 105 cm³/mol. The molecule has 1 aromatic carbocycles. The molecule has 10 heteroatoms. The smallest absolute Gasteiger partial charge is 0.209 e. The molecule has 1 atom stereocenters. The van der Waals surface area contributed by atoms with Crippen LogP contribution in [0.5, 0.6) is 0 Å². The molecule has 26 heavy (non-hydrogen) atoms. The fourth-order valence-electron chi connectivity index (χ4n) is 2.99. The minimum absolute atomic E-state index is 0.0112. The molecule has 0 radical (unpaired) electrons. The second-order valence-corrected chi connectivity index (χ2v) is 10.2. The lowest BCUT2D eigenvalue weighted by Gasteiger charge is -2.27. The van der Waals surface area contributed by atoms with Gasteiger partial charge in [-0.1, -0.05) is 18.3 Å². The van der Waals surface area contributed by atoms with Crippen molar-refractivity contribution in [2.75, 3.05) is 23.4 Å². The quantitative estimate of drug-likeness (QED) is 0.698. The van der Waals surface area contributed by atoms with Crippen molar-refractivity contribution in [1.82, 2.24) is 14.7 Å². The maximum Gasteiger partial charge on any atom is 0.209 e. The summed E-state index contributed by atoms with van der Waals surface area (Å²) in [5.74, 6) is 0.151. The van der Waals surface area contributed by atoms with Crippen LogP contribution in [0.2, 0.25) is 0 Å². The van der Waals surface area contributed by atoms with Gasteiger partial charge in [0.1, 0.15) is 5.82 Å². The molecule has 1 N–H and O–H groups in total. The Hall–Kier alpha value is -1.36. The fourth-order valence-corrected chi connectivity index (χ4v) is 5.77. The van der Waals surface area contributed by atoms with E-state index in [-0.39, 0.29) is 23.4 Å². The van der Waals surface area contributed by atoms with Crippen LogP contribution in [0.1, 0.15) is 19.8 Å². The first-order chi connectivity index (χ1) is 12.4. The van der Waals surface area contributed by atoms with Gasteiger partial charge in [0.05, 0.1) is 18.2 Å².